The number of aryl methyl sites for hydroxylation is 2. The second-order valence-electron chi connectivity index (χ2n) is 21.2. The molecule has 3 fully saturated rings. The summed E-state index contributed by atoms with van der Waals surface area (Å²) in [7, 11) is 3.81. The van der Waals surface area contributed by atoms with Gasteiger partial charge in [0.05, 0.1) is 48.1 Å². The largest absolute Gasteiger partial charge is 0.459 e. The lowest BCUT2D eigenvalue weighted by Crippen LogP contribution is -2.59. The summed E-state index contributed by atoms with van der Waals surface area (Å²) in [5.41, 5.74) is -0.433. The van der Waals surface area contributed by atoms with Crippen LogP contribution in [-0.2, 0) is 35.0 Å². The number of hydrogen-bond donors (Lipinski definition) is 4. The number of unbranched alkanes of at least 4 members (excludes halogenated alkanes) is 1. The fraction of sp³-hybridized carbons (Fsp3) is 0.750. The summed E-state index contributed by atoms with van der Waals surface area (Å²) in [5.74, 6) is -3.28. The lowest BCUT2D eigenvalue weighted by atomic mass is 9.69. The van der Waals surface area contributed by atoms with Gasteiger partial charge in [0.25, 0.3) is 5.56 Å². The minimum Gasteiger partial charge on any atom is -0.459 e. The van der Waals surface area contributed by atoms with E-state index >= 15 is 0 Å². The van der Waals surface area contributed by atoms with Crippen molar-refractivity contribution in [2.75, 3.05) is 27.2 Å². The third-order valence-corrected chi connectivity index (χ3v) is 15.3. The number of pyridine rings is 1. The minimum atomic E-state index is -1.79. The molecule has 17 atom stereocenters. The first-order valence-corrected chi connectivity index (χ1v) is 24.6. The first-order chi connectivity index (χ1) is 30.9. The van der Waals surface area contributed by atoms with E-state index in [1.165, 1.54) is 6.92 Å². The molecule has 14 nitrogen and oxygen atoms in total. The maximum Gasteiger partial charge on any atom is 0.309 e. The molecule has 2 aromatic rings. The number of aliphatic hydroxyl groups is 4. The fourth-order valence-corrected chi connectivity index (χ4v) is 11.3. The summed E-state index contributed by atoms with van der Waals surface area (Å²) < 4.78 is 27.6. The minimum absolute atomic E-state index is 0.0741. The Morgan fingerprint density at radius 3 is 2.21 bits per heavy atom. The van der Waals surface area contributed by atoms with Crippen LogP contribution in [0, 0.1) is 36.5 Å². The molecule has 1 unspecified atom stereocenters. The molecule has 0 aliphatic carbocycles. The number of cyclic esters (lactones) is 1. The second-order valence-corrected chi connectivity index (χ2v) is 21.2. The molecule has 372 valence electrons. The van der Waals surface area contributed by atoms with Crippen LogP contribution in [0.15, 0.2) is 47.4 Å². The Kier molecular flexibility index (Phi) is 18.4. The molecular weight excluding hydrogens is 843 g/mol. The van der Waals surface area contributed by atoms with Gasteiger partial charge in [-0.25, -0.2) is 0 Å². The zero-order valence-electron chi connectivity index (χ0n) is 42.1. The Hall–Kier alpha value is -3.05. The summed E-state index contributed by atoms with van der Waals surface area (Å²) in [4.78, 5) is 45.5. The van der Waals surface area contributed by atoms with Crippen LogP contribution in [0.1, 0.15) is 119 Å². The van der Waals surface area contributed by atoms with Crippen LogP contribution >= 0.6 is 0 Å². The molecule has 0 amide bonds. The highest BCUT2D eigenvalue weighted by Crippen LogP contribution is 2.43. The van der Waals surface area contributed by atoms with Crippen molar-refractivity contribution in [1.29, 1.82) is 0 Å². The van der Waals surface area contributed by atoms with Gasteiger partial charge in [-0.1, -0.05) is 52.8 Å². The maximum absolute atomic E-state index is 14.6. The van der Waals surface area contributed by atoms with E-state index in [4.69, 9.17) is 18.9 Å². The van der Waals surface area contributed by atoms with Gasteiger partial charge < -0.3 is 44.3 Å². The van der Waals surface area contributed by atoms with Crippen molar-refractivity contribution in [3.8, 4) is 5.69 Å². The van der Waals surface area contributed by atoms with E-state index in [1.807, 2.05) is 91.9 Å². The van der Waals surface area contributed by atoms with Crippen molar-refractivity contribution in [3.05, 3.63) is 64.1 Å². The fourth-order valence-electron chi connectivity index (χ4n) is 11.3. The number of rotatable bonds is 11. The SMILES string of the molecule is CC[C@H]1OC(=O)[C@H](C)C([C@H]2C[C@H](C)[C@@H](O)[C@H](C)O2)[C@H](C)[C@@H](O[C@@H]2O[C@H](C)C[C@H](N(C)CCCCc3ccc(-n4cc(C)ccc4=O)cc3)C2=O)[C@](C)(O)C[C@@H](C)CN(C)[C@H](C)[C@@H](O)[C@]1(C)O. The maximum atomic E-state index is 14.6. The molecule has 1 aromatic carbocycles. The van der Waals surface area contributed by atoms with Gasteiger partial charge in [0.1, 0.15) is 17.8 Å². The molecule has 14 heteroatoms. The highest BCUT2D eigenvalue weighted by molar-refractivity contribution is 5.87. The summed E-state index contributed by atoms with van der Waals surface area (Å²) in [6.07, 6.45) is -1.02. The van der Waals surface area contributed by atoms with Gasteiger partial charge >= 0.3 is 5.97 Å². The monoisotopic (exact) mass is 926 g/mol. The average molecular weight is 926 g/mol. The predicted molar refractivity (Wildman–Crippen MR) is 254 cm³/mol. The lowest BCUT2D eigenvalue weighted by Gasteiger charge is -2.48. The first kappa shape index (κ1) is 53.9. The summed E-state index contributed by atoms with van der Waals surface area (Å²) in [6, 6.07) is 10.4. The summed E-state index contributed by atoms with van der Waals surface area (Å²) >= 11 is 0. The van der Waals surface area contributed by atoms with E-state index < -0.39 is 89.9 Å². The number of nitrogens with zero attached hydrogens (tertiary/aromatic N) is 3. The van der Waals surface area contributed by atoms with Crippen LogP contribution < -0.4 is 5.56 Å². The van der Waals surface area contributed by atoms with Gasteiger partial charge in [-0.3, -0.25) is 23.9 Å². The number of esters is 1. The molecule has 0 radical (unpaired) electrons. The zero-order chi connectivity index (χ0) is 49.0. The molecule has 1 aromatic heterocycles. The van der Waals surface area contributed by atoms with E-state index in [1.54, 1.807) is 31.4 Å². The molecule has 0 bridgehead atoms. The molecule has 3 aliphatic heterocycles. The lowest BCUT2D eigenvalue weighted by molar-refractivity contribution is -0.257. The van der Waals surface area contributed by atoms with Crippen molar-refractivity contribution in [2.45, 2.75) is 193 Å². The Bertz CT molecular complexity index is 1940. The van der Waals surface area contributed by atoms with Crippen molar-refractivity contribution < 1.29 is 49.0 Å². The van der Waals surface area contributed by atoms with Crippen LogP contribution in [-0.4, -0.2) is 146 Å². The van der Waals surface area contributed by atoms with Crippen molar-refractivity contribution in [3.63, 3.8) is 0 Å². The Morgan fingerprint density at radius 1 is 0.909 bits per heavy atom. The molecule has 0 spiro atoms. The average Bonchev–Trinajstić information content (AvgIpc) is 3.25. The number of Topliss-reactive ketones (excluding diaryl/α,β-unsaturated/α-hetero) is 1. The van der Waals surface area contributed by atoms with Crippen LogP contribution in [0.2, 0.25) is 0 Å². The smallest absolute Gasteiger partial charge is 0.309 e. The van der Waals surface area contributed by atoms with Crippen LogP contribution in [0.4, 0.5) is 0 Å². The Balaban J connectivity index is 1.40. The highest BCUT2D eigenvalue weighted by atomic mass is 16.7. The molecule has 3 aliphatic rings. The van der Waals surface area contributed by atoms with E-state index in [9.17, 15) is 34.8 Å². The van der Waals surface area contributed by atoms with Crippen LogP contribution in [0.25, 0.3) is 5.69 Å². The topological polar surface area (TPSA) is 180 Å². The number of carbonyl (C=O) groups is 2. The van der Waals surface area contributed by atoms with E-state index in [-0.39, 0.29) is 42.1 Å². The third-order valence-electron chi connectivity index (χ3n) is 15.3. The van der Waals surface area contributed by atoms with Gasteiger partial charge in [-0.05, 0) is 148 Å². The molecule has 5 rings (SSSR count). The second kappa shape index (κ2) is 22.6. The van der Waals surface area contributed by atoms with E-state index in [0.717, 1.165) is 36.1 Å². The quantitative estimate of drug-likeness (QED) is 0.165. The number of aliphatic hydroxyl groups excluding tert-OH is 2. The van der Waals surface area contributed by atoms with Gasteiger partial charge in [-0.2, -0.15) is 0 Å². The van der Waals surface area contributed by atoms with Crippen molar-refractivity contribution in [2.24, 2.45) is 29.6 Å². The van der Waals surface area contributed by atoms with Crippen molar-refractivity contribution >= 4 is 11.8 Å². The van der Waals surface area contributed by atoms with Crippen LogP contribution in [0.5, 0.6) is 0 Å². The number of likely N-dealkylation sites (N-methyl/N-ethyl adjacent to an activating group) is 2. The molecule has 66 heavy (non-hydrogen) atoms. The molecule has 4 heterocycles. The number of hydrogen-bond acceptors (Lipinski definition) is 13. The number of ether oxygens (including phenoxy) is 4. The van der Waals surface area contributed by atoms with Crippen LogP contribution in [0.3, 0.4) is 0 Å². The Morgan fingerprint density at radius 2 is 1.58 bits per heavy atom. The molecule has 0 saturated carbocycles. The molecular formula is C52H83N3O11. The zero-order valence-corrected chi connectivity index (χ0v) is 42.1. The standard InChI is InChI=1S/C52H83N3O11/c1-14-42-52(11,62)47(59)36(8)54(13)28-31(3)27-51(10,61)48(34(6)44(35(7)49(60)65-42)41-25-32(4)45(57)37(9)64-41)66-50-46(58)40(26-33(5)63-50)53(12)24-16-15-17-38-19-21-39(22-20-38)55-29-30(2)18-23-43(55)56/h18-23,29,31-37,40-42,44-45,47-48,50,57,59,61-62H,14-17,24-28H2,1-13H3/t31-,32+,33-,34+,35-,36-,37+,40+,41-,42-,44?,45-,47-,48-,50+,51-,52-/m1/s1. The van der Waals surface area contributed by atoms with Gasteiger partial charge in [-0.15, -0.1) is 0 Å². The first-order valence-electron chi connectivity index (χ1n) is 24.6. The number of aromatic nitrogens is 1. The number of benzene rings is 1. The Labute approximate surface area is 393 Å². The summed E-state index contributed by atoms with van der Waals surface area (Å²) in [5, 5.41) is 47.2. The number of carbonyl (C=O) groups excluding carboxylic acids is 2. The van der Waals surface area contributed by atoms with Gasteiger partial charge in [0.2, 0.25) is 12.1 Å². The van der Waals surface area contributed by atoms with Crippen molar-refractivity contribution in [1.82, 2.24) is 14.4 Å². The molecule has 3 saturated heterocycles. The van der Waals surface area contributed by atoms with Gasteiger partial charge in [0, 0.05) is 36.5 Å². The molecule has 4 N–H and O–H groups in total. The summed E-state index contributed by atoms with van der Waals surface area (Å²) in [6.45, 7) is 21.3. The van der Waals surface area contributed by atoms with E-state index in [0.29, 0.717) is 25.9 Å². The number of ketones is 1. The highest BCUT2D eigenvalue weighted by Gasteiger charge is 2.53. The predicted octanol–water partition coefficient (Wildman–Crippen LogP) is 5.47. The normalized spacial score (nSPS) is 39.3. The van der Waals surface area contributed by atoms with E-state index in [2.05, 4.69) is 17.0 Å². The van der Waals surface area contributed by atoms with Gasteiger partial charge in [0.15, 0.2) is 0 Å². The third kappa shape index (κ3) is 12.6.